The van der Waals surface area contributed by atoms with Gasteiger partial charge in [-0.2, -0.15) is 13.2 Å². The maximum Gasteiger partial charge on any atom is 0.416 e. The summed E-state index contributed by atoms with van der Waals surface area (Å²) in [4.78, 5) is 10.9. The number of aliphatic hydroxyl groups is 1. The van der Waals surface area contributed by atoms with Crippen molar-refractivity contribution in [2.45, 2.75) is 31.0 Å². The minimum atomic E-state index is -4.50. The number of halogens is 4. The largest absolute Gasteiger partial charge is 0.481 e. The van der Waals surface area contributed by atoms with Crippen LogP contribution in [0.3, 0.4) is 0 Å². The fourth-order valence-corrected chi connectivity index (χ4v) is 3.31. The van der Waals surface area contributed by atoms with Crippen LogP contribution in [-0.2, 0) is 11.0 Å². The highest BCUT2D eigenvalue weighted by molar-refractivity contribution is 6.32. The number of carboxylic acids is 1. The third kappa shape index (κ3) is 3.78. The lowest BCUT2D eigenvalue weighted by molar-refractivity contribution is -0.138. The van der Waals surface area contributed by atoms with Gasteiger partial charge in [0.25, 0.3) is 0 Å². The van der Waals surface area contributed by atoms with Gasteiger partial charge in [-0.25, -0.2) is 0 Å². The Bertz CT molecular complexity index is 851. The zero-order valence-electron chi connectivity index (χ0n) is 13.3. The summed E-state index contributed by atoms with van der Waals surface area (Å²) in [7, 11) is 0. The average Bonchev–Trinajstić information content (AvgIpc) is 2.83. The van der Waals surface area contributed by atoms with E-state index in [0.29, 0.717) is 17.7 Å². The second-order valence-corrected chi connectivity index (χ2v) is 6.49. The molecule has 2 aromatic rings. The average molecular weight is 387 g/mol. The summed E-state index contributed by atoms with van der Waals surface area (Å²) < 4.78 is 43.6. The number of aliphatic carboxylic acids is 1. The van der Waals surface area contributed by atoms with Crippen molar-refractivity contribution in [3.8, 4) is 11.5 Å². The first-order valence-corrected chi connectivity index (χ1v) is 8.11. The molecule has 0 heterocycles. The Hall–Kier alpha value is -2.25. The summed E-state index contributed by atoms with van der Waals surface area (Å²) in [5, 5.41) is 18.9. The number of hydrogen-bond acceptors (Lipinski definition) is 3. The summed E-state index contributed by atoms with van der Waals surface area (Å²) in [6.45, 7) is 0. The van der Waals surface area contributed by atoms with Crippen molar-refractivity contribution in [2.75, 3.05) is 0 Å². The molecule has 2 N–H and O–H groups in total. The van der Waals surface area contributed by atoms with Crippen LogP contribution in [-0.4, -0.2) is 16.2 Å². The van der Waals surface area contributed by atoms with Gasteiger partial charge in [0.05, 0.1) is 23.1 Å². The molecule has 0 amide bonds. The maximum atomic E-state index is 12.7. The molecule has 0 radical (unpaired) electrons. The Labute approximate surface area is 151 Å². The highest BCUT2D eigenvalue weighted by Gasteiger charge is 2.32. The lowest BCUT2D eigenvalue weighted by Crippen LogP contribution is -2.04. The number of benzene rings is 2. The monoisotopic (exact) mass is 386 g/mol. The third-order valence-corrected chi connectivity index (χ3v) is 4.57. The number of carboxylic acid groups (broad SMARTS) is 1. The highest BCUT2D eigenvalue weighted by atomic mass is 35.5. The van der Waals surface area contributed by atoms with Crippen LogP contribution in [0.1, 0.15) is 41.6 Å². The minimum absolute atomic E-state index is 0.0502. The molecule has 2 aromatic carbocycles. The SMILES string of the molecule is O=C(O)CC1CC(O)c2cc(Oc3ccc(C(F)(F)F)cc3Cl)ccc21. The van der Waals surface area contributed by atoms with Gasteiger partial charge in [0.1, 0.15) is 11.5 Å². The number of fused-ring (bicyclic) bond motifs is 1. The maximum absolute atomic E-state index is 12.7. The van der Waals surface area contributed by atoms with Crippen LogP contribution in [0.2, 0.25) is 5.02 Å². The lowest BCUT2D eigenvalue weighted by atomic mass is 9.98. The number of alkyl halides is 3. The Morgan fingerprint density at radius 1 is 1.19 bits per heavy atom. The molecule has 2 unspecified atom stereocenters. The van der Waals surface area contributed by atoms with Gasteiger partial charge < -0.3 is 14.9 Å². The van der Waals surface area contributed by atoms with Crippen LogP contribution >= 0.6 is 11.6 Å². The van der Waals surface area contributed by atoms with E-state index in [1.807, 2.05) is 0 Å². The van der Waals surface area contributed by atoms with Gasteiger partial charge in [-0.1, -0.05) is 17.7 Å². The van der Waals surface area contributed by atoms with E-state index >= 15 is 0 Å². The van der Waals surface area contributed by atoms with E-state index in [1.54, 1.807) is 18.2 Å². The Morgan fingerprint density at radius 3 is 2.54 bits per heavy atom. The summed E-state index contributed by atoms with van der Waals surface area (Å²) in [5.41, 5.74) is 0.401. The zero-order chi connectivity index (χ0) is 19.1. The lowest BCUT2D eigenvalue weighted by Gasteiger charge is -2.13. The second-order valence-electron chi connectivity index (χ2n) is 6.08. The van der Waals surface area contributed by atoms with Crippen molar-refractivity contribution in [3.05, 3.63) is 58.1 Å². The van der Waals surface area contributed by atoms with Gasteiger partial charge in [-0.15, -0.1) is 0 Å². The molecule has 26 heavy (non-hydrogen) atoms. The fraction of sp³-hybridized carbons (Fsp3) is 0.278. The molecule has 3 rings (SSSR count). The highest BCUT2D eigenvalue weighted by Crippen LogP contribution is 2.44. The number of aliphatic hydroxyl groups excluding tert-OH is 1. The molecule has 8 heteroatoms. The molecule has 0 saturated carbocycles. The van der Waals surface area contributed by atoms with Crippen LogP contribution < -0.4 is 4.74 Å². The zero-order valence-corrected chi connectivity index (χ0v) is 14.0. The van der Waals surface area contributed by atoms with Crippen LogP contribution in [0.4, 0.5) is 13.2 Å². The molecule has 1 aliphatic rings. The predicted molar refractivity (Wildman–Crippen MR) is 87.5 cm³/mol. The second kappa shape index (κ2) is 6.81. The van der Waals surface area contributed by atoms with Gasteiger partial charge in [0, 0.05) is 0 Å². The van der Waals surface area contributed by atoms with Crippen molar-refractivity contribution in [1.29, 1.82) is 0 Å². The topological polar surface area (TPSA) is 66.8 Å². The predicted octanol–water partition coefficient (Wildman–Crippen LogP) is 5.15. The molecule has 0 aliphatic heterocycles. The van der Waals surface area contributed by atoms with Crippen LogP contribution in [0.25, 0.3) is 0 Å². The molecule has 4 nitrogen and oxygen atoms in total. The van der Waals surface area contributed by atoms with E-state index in [2.05, 4.69) is 0 Å². The van der Waals surface area contributed by atoms with Gasteiger partial charge in [0.15, 0.2) is 0 Å². The van der Waals surface area contributed by atoms with Crippen molar-refractivity contribution in [3.63, 3.8) is 0 Å². The van der Waals surface area contributed by atoms with Gasteiger partial charge in [0.2, 0.25) is 0 Å². The van der Waals surface area contributed by atoms with E-state index in [-0.39, 0.29) is 23.1 Å². The molecule has 2 atom stereocenters. The summed E-state index contributed by atoms with van der Waals surface area (Å²) in [6.07, 6.45) is -5.11. The van der Waals surface area contributed by atoms with Crippen LogP contribution in [0, 0.1) is 0 Å². The van der Waals surface area contributed by atoms with E-state index in [9.17, 15) is 23.1 Å². The first kappa shape index (κ1) is 18.5. The Kier molecular flexibility index (Phi) is 4.86. The molecule has 0 saturated heterocycles. The van der Waals surface area contributed by atoms with Crippen LogP contribution in [0.5, 0.6) is 11.5 Å². The van der Waals surface area contributed by atoms with E-state index in [0.717, 1.165) is 23.8 Å². The third-order valence-electron chi connectivity index (χ3n) is 4.27. The molecule has 0 fully saturated rings. The van der Waals surface area contributed by atoms with Crippen molar-refractivity contribution in [1.82, 2.24) is 0 Å². The van der Waals surface area contributed by atoms with Crippen molar-refractivity contribution < 1.29 is 32.9 Å². The first-order chi connectivity index (χ1) is 12.1. The minimum Gasteiger partial charge on any atom is -0.481 e. The standard InChI is InChI=1S/C18H14ClF3O4/c19-14-7-10(18(20,21)22)1-4-16(14)26-11-2-3-12-9(6-17(24)25)5-15(23)13(12)8-11/h1-4,7-9,15,23H,5-6H2,(H,24,25). The molecule has 0 spiro atoms. The number of rotatable bonds is 4. The fourth-order valence-electron chi connectivity index (χ4n) is 3.09. The normalized spacial score (nSPS) is 19.3. The summed E-state index contributed by atoms with van der Waals surface area (Å²) >= 11 is 5.87. The van der Waals surface area contributed by atoms with E-state index < -0.39 is 23.8 Å². The molecular weight excluding hydrogens is 373 g/mol. The number of carbonyl (C=O) groups is 1. The van der Waals surface area contributed by atoms with E-state index in [1.165, 1.54) is 0 Å². The summed E-state index contributed by atoms with van der Waals surface area (Å²) in [5.74, 6) is -0.900. The quantitative estimate of drug-likeness (QED) is 0.763. The Balaban J connectivity index is 1.84. The molecule has 1 aliphatic carbocycles. The van der Waals surface area contributed by atoms with Crippen molar-refractivity contribution in [2.24, 2.45) is 0 Å². The molecule has 0 bridgehead atoms. The van der Waals surface area contributed by atoms with Gasteiger partial charge in [-0.05, 0) is 53.8 Å². The summed E-state index contributed by atoms with van der Waals surface area (Å²) in [6, 6.07) is 7.55. The Morgan fingerprint density at radius 2 is 1.92 bits per heavy atom. The number of hydrogen-bond donors (Lipinski definition) is 2. The molecule has 138 valence electrons. The van der Waals surface area contributed by atoms with Crippen LogP contribution in [0.15, 0.2) is 36.4 Å². The smallest absolute Gasteiger partial charge is 0.416 e. The molecule has 0 aromatic heterocycles. The van der Waals surface area contributed by atoms with Gasteiger partial charge in [-0.3, -0.25) is 4.79 Å². The van der Waals surface area contributed by atoms with Gasteiger partial charge >= 0.3 is 12.1 Å². The number of ether oxygens (including phenoxy) is 1. The molecular formula is C18H14ClF3O4. The van der Waals surface area contributed by atoms with Crippen molar-refractivity contribution >= 4 is 17.6 Å². The van der Waals surface area contributed by atoms with E-state index in [4.69, 9.17) is 21.4 Å². The first-order valence-electron chi connectivity index (χ1n) is 7.73.